The third kappa shape index (κ3) is 3.88. The number of carbonyl (C=O) groups excluding carboxylic acids is 2. The van der Waals surface area contributed by atoms with Crippen molar-refractivity contribution in [1.82, 2.24) is 9.88 Å². The van der Waals surface area contributed by atoms with Crippen molar-refractivity contribution in [3.63, 3.8) is 0 Å². The number of ether oxygens (including phenoxy) is 1. The molecule has 0 saturated carbocycles. The van der Waals surface area contributed by atoms with Crippen molar-refractivity contribution in [2.75, 3.05) is 18.4 Å². The van der Waals surface area contributed by atoms with E-state index in [1.54, 1.807) is 18.2 Å². The number of alkyl halides is 1. The minimum atomic E-state index is -1.05. The van der Waals surface area contributed by atoms with Crippen molar-refractivity contribution >= 4 is 33.9 Å². The molecule has 8 heteroatoms. The quantitative estimate of drug-likeness (QED) is 0.634. The van der Waals surface area contributed by atoms with Gasteiger partial charge < -0.3 is 9.64 Å². The van der Waals surface area contributed by atoms with Gasteiger partial charge in [-0.2, -0.15) is 0 Å². The van der Waals surface area contributed by atoms with Crippen LogP contribution >= 0.6 is 15.9 Å². The molecule has 0 spiro atoms. The zero-order chi connectivity index (χ0) is 13.8. The number of hydrogen-bond acceptors (Lipinski definition) is 4. The van der Waals surface area contributed by atoms with Gasteiger partial charge in [-0.3, -0.25) is 5.32 Å². The number of aromatic nitrogens is 1. The molecule has 2 rings (SSSR count). The van der Waals surface area contributed by atoms with Crippen LogP contribution in [0.15, 0.2) is 22.8 Å². The molecule has 1 aliphatic heterocycles. The van der Waals surface area contributed by atoms with Crippen molar-refractivity contribution in [2.45, 2.75) is 12.6 Å². The maximum Gasteiger partial charge on any atom is 0.421 e. The Bertz CT molecular complexity index is 500. The first-order chi connectivity index (χ1) is 9.04. The Balaban J connectivity index is 1.86. The predicted octanol–water partition coefficient (Wildman–Crippen LogP) is 2.56. The molecule has 1 N–H and O–H groups in total. The SMILES string of the molecule is O=C(Nc1cccc(Br)n1)OC(=O)N1CCC(F)C1. The number of nitrogens with zero attached hydrogens (tertiary/aromatic N) is 2. The van der Waals surface area contributed by atoms with E-state index in [1.807, 2.05) is 0 Å². The van der Waals surface area contributed by atoms with E-state index in [0.29, 0.717) is 4.60 Å². The first kappa shape index (κ1) is 13.7. The maximum absolute atomic E-state index is 12.9. The lowest BCUT2D eigenvalue weighted by molar-refractivity contribution is 0.129. The van der Waals surface area contributed by atoms with Crippen LogP contribution in [-0.4, -0.2) is 41.3 Å². The van der Waals surface area contributed by atoms with E-state index in [2.05, 4.69) is 31.0 Å². The minimum Gasteiger partial charge on any atom is -0.359 e. The lowest BCUT2D eigenvalue weighted by Crippen LogP contribution is -2.32. The summed E-state index contributed by atoms with van der Waals surface area (Å²) in [5.41, 5.74) is 0. The molecule has 102 valence electrons. The van der Waals surface area contributed by atoms with Gasteiger partial charge in [0.15, 0.2) is 0 Å². The Morgan fingerprint density at radius 2 is 2.32 bits per heavy atom. The number of rotatable bonds is 1. The molecule has 2 heterocycles. The molecule has 1 aromatic rings. The molecular formula is C11H11BrFN3O3. The molecule has 1 atom stereocenters. The zero-order valence-electron chi connectivity index (χ0n) is 9.81. The summed E-state index contributed by atoms with van der Waals surface area (Å²) in [7, 11) is 0. The molecule has 2 amide bonds. The summed E-state index contributed by atoms with van der Waals surface area (Å²) in [6.45, 7) is 0.212. The van der Waals surface area contributed by atoms with E-state index >= 15 is 0 Å². The summed E-state index contributed by atoms with van der Waals surface area (Å²) in [5, 5.41) is 2.30. The molecular weight excluding hydrogens is 321 g/mol. The Morgan fingerprint density at radius 3 is 2.95 bits per heavy atom. The number of nitrogens with one attached hydrogen (secondary N) is 1. The second-order valence-corrected chi connectivity index (χ2v) is 4.77. The molecule has 0 radical (unpaired) electrons. The van der Waals surface area contributed by atoms with Crippen LogP contribution in [0.25, 0.3) is 0 Å². The third-order valence-corrected chi connectivity index (χ3v) is 2.96. The molecule has 6 nitrogen and oxygen atoms in total. The van der Waals surface area contributed by atoms with Gasteiger partial charge in [-0.15, -0.1) is 0 Å². The van der Waals surface area contributed by atoms with Crippen molar-refractivity contribution in [1.29, 1.82) is 0 Å². The Labute approximate surface area is 117 Å². The predicted molar refractivity (Wildman–Crippen MR) is 68.5 cm³/mol. The topological polar surface area (TPSA) is 71.5 Å². The highest BCUT2D eigenvalue weighted by molar-refractivity contribution is 9.10. The van der Waals surface area contributed by atoms with Crippen molar-refractivity contribution < 1.29 is 18.7 Å². The smallest absolute Gasteiger partial charge is 0.359 e. The Kier molecular flexibility index (Phi) is 4.31. The standard InChI is InChI=1S/C11H11BrFN3O3/c12-8-2-1-3-9(14-8)15-10(17)19-11(18)16-5-4-7(13)6-16/h1-3,7H,4-6H2,(H,14,15,17). The van der Waals surface area contributed by atoms with Crippen LogP contribution in [0, 0.1) is 0 Å². The van der Waals surface area contributed by atoms with Gasteiger partial charge in [-0.05, 0) is 34.5 Å². The highest BCUT2D eigenvalue weighted by Crippen LogP contribution is 2.14. The average Bonchev–Trinajstić information content (AvgIpc) is 2.75. The summed E-state index contributed by atoms with van der Waals surface area (Å²) >= 11 is 3.14. The number of halogens is 2. The van der Waals surface area contributed by atoms with Crippen molar-refractivity contribution in [3.8, 4) is 0 Å². The van der Waals surface area contributed by atoms with Crippen LogP contribution in [0.4, 0.5) is 19.8 Å². The fourth-order valence-corrected chi connectivity index (χ4v) is 1.98. The highest BCUT2D eigenvalue weighted by Gasteiger charge is 2.28. The molecule has 0 aromatic carbocycles. The van der Waals surface area contributed by atoms with Gasteiger partial charge in [0.25, 0.3) is 0 Å². The molecule has 0 bridgehead atoms. The summed E-state index contributed by atoms with van der Waals surface area (Å²) in [6, 6.07) is 4.90. The monoisotopic (exact) mass is 331 g/mol. The van der Waals surface area contributed by atoms with E-state index < -0.39 is 18.4 Å². The molecule has 1 unspecified atom stereocenters. The van der Waals surface area contributed by atoms with Crippen LogP contribution in [0.2, 0.25) is 0 Å². The summed E-state index contributed by atoms with van der Waals surface area (Å²) in [6.07, 6.45) is -2.59. The van der Waals surface area contributed by atoms with Gasteiger partial charge in [0, 0.05) is 6.54 Å². The van der Waals surface area contributed by atoms with Gasteiger partial charge in [0.2, 0.25) is 0 Å². The first-order valence-corrected chi connectivity index (χ1v) is 6.38. The van der Waals surface area contributed by atoms with E-state index in [9.17, 15) is 14.0 Å². The molecule has 1 fully saturated rings. The molecule has 1 aromatic heterocycles. The van der Waals surface area contributed by atoms with Crippen LogP contribution in [-0.2, 0) is 4.74 Å². The van der Waals surface area contributed by atoms with E-state index in [-0.39, 0.29) is 25.3 Å². The molecule has 19 heavy (non-hydrogen) atoms. The lowest BCUT2D eigenvalue weighted by atomic mass is 10.3. The van der Waals surface area contributed by atoms with E-state index in [1.165, 1.54) is 0 Å². The van der Waals surface area contributed by atoms with E-state index in [4.69, 9.17) is 0 Å². The number of amides is 2. The largest absolute Gasteiger partial charge is 0.421 e. The van der Waals surface area contributed by atoms with Crippen LogP contribution in [0.1, 0.15) is 6.42 Å². The van der Waals surface area contributed by atoms with Gasteiger partial charge in [-0.1, -0.05) is 6.07 Å². The fraction of sp³-hybridized carbons (Fsp3) is 0.364. The normalized spacial score (nSPS) is 18.2. The van der Waals surface area contributed by atoms with Crippen molar-refractivity contribution in [3.05, 3.63) is 22.8 Å². The van der Waals surface area contributed by atoms with E-state index in [0.717, 1.165) is 4.90 Å². The number of anilines is 1. The van der Waals surface area contributed by atoms with Crippen LogP contribution < -0.4 is 5.32 Å². The van der Waals surface area contributed by atoms with Crippen LogP contribution in [0.5, 0.6) is 0 Å². The fourth-order valence-electron chi connectivity index (χ4n) is 1.64. The number of carbonyl (C=O) groups is 2. The van der Waals surface area contributed by atoms with Gasteiger partial charge in [0.05, 0.1) is 6.54 Å². The van der Waals surface area contributed by atoms with Crippen molar-refractivity contribution in [2.24, 2.45) is 0 Å². The number of pyridine rings is 1. The third-order valence-electron chi connectivity index (χ3n) is 2.51. The summed E-state index contributed by atoms with van der Waals surface area (Å²) in [4.78, 5) is 28.0. The lowest BCUT2D eigenvalue weighted by Gasteiger charge is -2.13. The summed E-state index contributed by atoms with van der Waals surface area (Å²) < 4.78 is 18.0. The molecule has 1 saturated heterocycles. The zero-order valence-corrected chi connectivity index (χ0v) is 11.4. The molecule has 0 aliphatic carbocycles. The number of hydrogen-bond donors (Lipinski definition) is 1. The van der Waals surface area contributed by atoms with Gasteiger partial charge in [0.1, 0.15) is 16.6 Å². The number of likely N-dealkylation sites (tertiary alicyclic amines) is 1. The second kappa shape index (κ2) is 5.96. The van der Waals surface area contributed by atoms with Gasteiger partial charge >= 0.3 is 12.2 Å². The minimum absolute atomic E-state index is 0.0404. The van der Waals surface area contributed by atoms with Crippen LogP contribution in [0.3, 0.4) is 0 Å². The first-order valence-electron chi connectivity index (χ1n) is 5.59. The average molecular weight is 332 g/mol. The highest BCUT2D eigenvalue weighted by atomic mass is 79.9. The molecule has 1 aliphatic rings. The Hall–Kier alpha value is -1.70. The Morgan fingerprint density at radius 1 is 1.53 bits per heavy atom. The second-order valence-electron chi connectivity index (χ2n) is 3.96. The van der Waals surface area contributed by atoms with Gasteiger partial charge in [-0.25, -0.2) is 19.0 Å². The summed E-state index contributed by atoms with van der Waals surface area (Å²) in [5.74, 6) is 0.247. The maximum atomic E-state index is 12.9.